The van der Waals surface area contributed by atoms with Crippen LogP contribution in [-0.4, -0.2) is 46.7 Å². The Hall–Kier alpha value is -3.13. The topological polar surface area (TPSA) is 107 Å². The molecule has 3 aromatic heterocycles. The van der Waals surface area contributed by atoms with E-state index in [9.17, 15) is 4.79 Å². The molecule has 0 saturated carbocycles. The molecule has 1 unspecified atom stereocenters. The molecule has 4 rings (SSSR count). The van der Waals surface area contributed by atoms with E-state index in [1.54, 1.807) is 17.8 Å². The molecule has 1 aliphatic rings. The molecule has 4 N–H and O–H groups in total. The minimum absolute atomic E-state index is 0.0447. The van der Waals surface area contributed by atoms with E-state index >= 15 is 0 Å². The van der Waals surface area contributed by atoms with Crippen LogP contribution >= 0.6 is 0 Å². The van der Waals surface area contributed by atoms with Crippen molar-refractivity contribution < 1.29 is 9.53 Å². The van der Waals surface area contributed by atoms with Crippen molar-refractivity contribution in [3.8, 4) is 17.0 Å². The third-order valence-electron chi connectivity index (χ3n) is 5.37. The molecule has 8 nitrogen and oxygen atoms in total. The number of methoxy groups -OCH3 is 1. The first-order chi connectivity index (χ1) is 13.4. The largest absolute Gasteiger partial charge is 0.481 e. The van der Waals surface area contributed by atoms with Gasteiger partial charge in [0.1, 0.15) is 0 Å². The van der Waals surface area contributed by atoms with Gasteiger partial charge in [0.25, 0.3) is 5.91 Å². The quantitative estimate of drug-likeness (QED) is 0.624. The summed E-state index contributed by atoms with van der Waals surface area (Å²) in [4.78, 5) is 16.2. The van der Waals surface area contributed by atoms with Crippen LogP contribution in [0, 0.1) is 5.41 Å². The van der Waals surface area contributed by atoms with Gasteiger partial charge in [-0.05, 0) is 23.1 Å². The van der Waals surface area contributed by atoms with Crippen LogP contribution in [0.1, 0.15) is 24.2 Å². The van der Waals surface area contributed by atoms with Crippen molar-refractivity contribution in [3.05, 3.63) is 42.4 Å². The molecule has 3 aromatic rings. The number of pyridine rings is 1. The van der Waals surface area contributed by atoms with Gasteiger partial charge in [-0.15, -0.1) is 0 Å². The maximum absolute atomic E-state index is 12.1. The fourth-order valence-corrected chi connectivity index (χ4v) is 3.61. The van der Waals surface area contributed by atoms with E-state index in [-0.39, 0.29) is 11.5 Å². The summed E-state index contributed by atoms with van der Waals surface area (Å²) in [7, 11) is 1.59. The number of nitrogens with zero attached hydrogens (tertiary/aromatic N) is 3. The molecule has 146 valence electrons. The molecule has 0 aromatic carbocycles. The second kappa shape index (κ2) is 6.79. The van der Waals surface area contributed by atoms with Crippen molar-refractivity contribution in [2.75, 3.05) is 25.5 Å². The fraction of sp³-hybridized carbons (Fsp3) is 0.350. The predicted octanol–water partition coefficient (Wildman–Crippen LogP) is 1.91. The highest BCUT2D eigenvalue weighted by atomic mass is 16.5. The average molecular weight is 380 g/mol. The Morgan fingerprint density at radius 2 is 2.21 bits per heavy atom. The third-order valence-corrected chi connectivity index (χ3v) is 5.37. The first-order valence-electron chi connectivity index (χ1n) is 9.18. The second-order valence-electron chi connectivity index (χ2n) is 7.76. The normalized spacial score (nSPS) is 18.3. The molecule has 1 atom stereocenters. The summed E-state index contributed by atoms with van der Waals surface area (Å²) in [5, 5.41) is 11.3. The van der Waals surface area contributed by atoms with Crippen LogP contribution in [0.4, 0.5) is 5.69 Å². The fourth-order valence-electron chi connectivity index (χ4n) is 3.61. The lowest BCUT2D eigenvalue weighted by Gasteiger charge is -2.28. The Labute approximate surface area is 163 Å². The zero-order chi connectivity index (χ0) is 19.9. The molecule has 0 radical (unpaired) electrons. The minimum Gasteiger partial charge on any atom is -0.481 e. The van der Waals surface area contributed by atoms with E-state index < -0.39 is 5.91 Å². The van der Waals surface area contributed by atoms with Gasteiger partial charge in [0.15, 0.2) is 0 Å². The summed E-state index contributed by atoms with van der Waals surface area (Å²) in [5.74, 6) is 0.0326. The number of ether oxygens (including phenoxy) is 1. The number of nitrogens with one attached hydrogen (secondary N) is 2. The summed E-state index contributed by atoms with van der Waals surface area (Å²) in [6.07, 6.45) is 5.13. The molecule has 4 heterocycles. The number of rotatable bonds is 5. The Morgan fingerprint density at radius 1 is 1.39 bits per heavy atom. The van der Waals surface area contributed by atoms with Crippen molar-refractivity contribution in [2.24, 2.45) is 11.1 Å². The highest BCUT2D eigenvalue weighted by Crippen LogP contribution is 2.33. The molecule has 0 aliphatic carbocycles. The van der Waals surface area contributed by atoms with Gasteiger partial charge in [-0.3, -0.25) is 4.79 Å². The standard InChI is InChI=1S/C20H24N6O2/c1-20(2)11-22-9-16(20)25-18-14(19(21)27)8-24-26-10-13(6-15(18)26)12-4-5-23-17(7-12)28-3/h4-8,10,16,22,25H,9,11H2,1-3H3,(H2,21,27). The van der Waals surface area contributed by atoms with Gasteiger partial charge in [0.05, 0.1) is 30.1 Å². The second-order valence-corrected chi connectivity index (χ2v) is 7.76. The van der Waals surface area contributed by atoms with Crippen molar-refractivity contribution in [1.29, 1.82) is 0 Å². The highest BCUT2D eigenvalue weighted by Gasteiger charge is 2.35. The van der Waals surface area contributed by atoms with Gasteiger partial charge in [0, 0.05) is 43.2 Å². The summed E-state index contributed by atoms with van der Waals surface area (Å²) >= 11 is 0. The molecule has 1 saturated heterocycles. The van der Waals surface area contributed by atoms with Crippen molar-refractivity contribution in [2.45, 2.75) is 19.9 Å². The molecular formula is C20H24N6O2. The number of carbonyl (C=O) groups excluding carboxylic acids is 1. The number of primary amides is 1. The number of fused-ring (bicyclic) bond motifs is 1. The average Bonchev–Trinajstić information content (AvgIpc) is 3.25. The van der Waals surface area contributed by atoms with Gasteiger partial charge >= 0.3 is 0 Å². The summed E-state index contributed by atoms with van der Waals surface area (Å²) in [5.41, 5.74) is 9.46. The van der Waals surface area contributed by atoms with Gasteiger partial charge in [-0.25, -0.2) is 9.50 Å². The SMILES string of the molecule is COc1cc(-c2cc3c(NC4CNCC4(C)C)c(C(N)=O)cnn3c2)ccn1. The number of carbonyl (C=O) groups is 1. The van der Waals surface area contributed by atoms with Crippen LogP contribution in [0.5, 0.6) is 5.88 Å². The number of hydrogen-bond donors (Lipinski definition) is 3. The van der Waals surface area contributed by atoms with E-state index in [2.05, 4.69) is 34.6 Å². The van der Waals surface area contributed by atoms with E-state index in [1.807, 2.05) is 24.4 Å². The van der Waals surface area contributed by atoms with Crippen molar-refractivity contribution >= 4 is 17.1 Å². The molecule has 0 bridgehead atoms. The number of aromatic nitrogens is 3. The van der Waals surface area contributed by atoms with E-state index in [4.69, 9.17) is 10.5 Å². The van der Waals surface area contributed by atoms with Crippen LogP contribution in [0.2, 0.25) is 0 Å². The Balaban J connectivity index is 1.82. The predicted molar refractivity (Wildman–Crippen MR) is 108 cm³/mol. The highest BCUT2D eigenvalue weighted by molar-refractivity contribution is 6.02. The lowest BCUT2D eigenvalue weighted by Crippen LogP contribution is -2.35. The van der Waals surface area contributed by atoms with Crippen molar-refractivity contribution in [3.63, 3.8) is 0 Å². The third kappa shape index (κ3) is 3.16. The maximum atomic E-state index is 12.1. The molecule has 1 amide bonds. The summed E-state index contributed by atoms with van der Waals surface area (Å²) in [6.45, 7) is 6.11. The van der Waals surface area contributed by atoms with Gasteiger partial charge < -0.3 is 21.1 Å². The van der Waals surface area contributed by atoms with Crippen LogP contribution in [0.15, 0.2) is 36.8 Å². The number of hydrogen-bond acceptors (Lipinski definition) is 6. The van der Waals surface area contributed by atoms with Crippen LogP contribution < -0.4 is 21.1 Å². The smallest absolute Gasteiger partial charge is 0.252 e. The van der Waals surface area contributed by atoms with Gasteiger partial charge in [0.2, 0.25) is 5.88 Å². The maximum Gasteiger partial charge on any atom is 0.252 e. The molecule has 8 heteroatoms. The zero-order valence-corrected chi connectivity index (χ0v) is 16.2. The monoisotopic (exact) mass is 380 g/mol. The van der Waals surface area contributed by atoms with E-state index in [0.717, 1.165) is 29.7 Å². The summed E-state index contributed by atoms with van der Waals surface area (Å²) in [6, 6.07) is 5.92. The number of nitrogens with two attached hydrogens (primary N) is 1. The number of anilines is 1. The minimum atomic E-state index is -0.505. The van der Waals surface area contributed by atoms with Gasteiger partial charge in [-0.1, -0.05) is 13.8 Å². The van der Waals surface area contributed by atoms with Crippen LogP contribution in [0.3, 0.4) is 0 Å². The molecule has 1 fully saturated rings. The Bertz CT molecular complexity index is 1040. The van der Waals surface area contributed by atoms with E-state index in [0.29, 0.717) is 17.1 Å². The summed E-state index contributed by atoms with van der Waals surface area (Å²) < 4.78 is 6.98. The zero-order valence-electron chi connectivity index (χ0n) is 16.2. The van der Waals surface area contributed by atoms with Gasteiger partial charge in [-0.2, -0.15) is 5.10 Å². The Kier molecular flexibility index (Phi) is 4.43. The molecule has 1 aliphatic heterocycles. The lowest BCUT2D eigenvalue weighted by molar-refractivity contribution is 0.100. The molecule has 28 heavy (non-hydrogen) atoms. The Morgan fingerprint density at radius 3 is 2.89 bits per heavy atom. The molecular weight excluding hydrogens is 356 g/mol. The lowest BCUT2D eigenvalue weighted by atomic mass is 9.87. The van der Waals surface area contributed by atoms with Crippen molar-refractivity contribution in [1.82, 2.24) is 19.9 Å². The van der Waals surface area contributed by atoms with Crippen LogP contribution in [-0.2, 0) is 0 Å². The first kappa shape index (κ1) is 18.2. The van der Waals surface area contributed by atoms with E-state index in [1.165, 1.54) is 6.20 Å². The van der Waals surface area contributed by atoms with Crippen LogP contribution in [0.25, 0.3) is 16.6 Å². The molecule has 0 spiro atoms. The first-order valence-corrected chi connectivity index (χ1v) is 9.18. The number of amides is 1.